The van der Waals surface area contributed by atoms with E-state index < -0.39 is 0 Å². The molecule has 6 nitrogen and oxygen atoms in total. The molecule has 0 aliphatic heterocycles. The minimum atomic E-state index is 0.305. The van der Waals surface area contributed by atoms with Crippen molar-refractivity contribution >= 4 is 17.3 Å². The first-order valence-electron chi connectivity index (χ1n) is 7.58. The molecular formula is C16H25N5OS. The summed E-state index contributed by atoms with van der Waals surface area (Å²) >= 11 is 1.77. The summed E-state index contributed by atoms with van der Waals surface area (Å²) < 4.78 is 5.57. The third-order valence-corrected chi connectivity index (χ3v) is 4.63. The highest BCUT2D eigenvalue weighted by atomic mass is 32.1. The number of aliphatic imine (C=N–C) groups is 1. The first-order chi connectivity index (χ1) is 11.0. The highest BCUT2D eigenvalue weighted by molar-refractivity contribution is 7.10. The van der Waals surface area contributed by atoms with Crippen LogP contribution in [0.5, 0.6) is 0 Å². The standard InChI is InChI=1S/C16H25N5OS/c1-11-12(2)22-15(20-11)10-19-16(17-3)18-9-13(21(4)5)14-7-6-8-23-14/h6-8,13H,9-10H2,1-5H3,(H2,17,18,19). The molecule has 2 N–H and O–H groups in total. The van der Waals surface area contributed by atoms with Crippen LogP contribution < -0.4 is 10.6 Å². The van der Waals surface area contributed by atoms with Gasteiger partial charge in [-0.25, -0.2) is 4.98 Å². The van der Waals surface area contributed by atoms with Gasteiger partial charge in [-0.2, -0.15) is 0 Å². The van der Waals surface area contributed by atoms with Crippen LogP contribution in [0.1, 0.15) is 28.3 Å². The molecule has 0 bridgehead atoms. The number of nitrogens with zero attached hydrogens (tertiary/aromatic N) is 3. The molecule has 23 heavy (non-hydrogen) atoms. The number of nitrogens with one attached hydrogen (secondary N) is 2. The Balaban J connectivity index is 1.89. The van der Waals surface area contributed by atoms with Crippen LogP contribution in [-0.4, -0.2) is 43.5 Å². The van der Waals surface area contributed by atoms with Crippen molar-refractivity contribution in [1.82, 2.24) is 20.5 Å². The van der Waals surface area contributed by atoms with E-state index in [-0.39, 0.29) is 0 Å². The van der Waals surface area contributed by atoms with Crippen molar-refractivity contribution in [3.8, 4) is 0 Å². The van der Waals surface area contributed by atoms with Crippen LogP contribution in [0.15, 0.2) is 26.9 Å². The molecule has 0 spiro atoms. The molecule has 0 radical (unpaired) electrons. The topological polar surface area (TPSA) is 65.7 Å². The second-order valence-electron chi connectivity index (χ2n) is 5.55. The Bertz CT molecular complexity index is 613. The van der Waals surface area contributed by atoms with Crippen LogP contribution in [0.2, 0.25) is 0 Å². The van der Waals surface area contributed by atoms with Gasteiger partial charge in [0.2, 0.25) is 5.89 Å². The van der Waals surface area contributed by atoms with E-state index in [1.165, 1.54) is 4.88 Å². The summed E-state index contributed by atoms with van der Waals surface area (Å²) in [5.74, 6) is 2.27. The number of thiophene rings is 1. The molecule has 0 aliphatic rings. The summed E-state index contributed by atoms with van der Waals surface area (Å²) in [5, 5.41) is 8.70. The van der Waals surface area contributed by atoms with E-state index in [2.05, 4.69) is 57.1 Å². The third-order valence-electron chi connectivity index (χ3n) is 3.66. The lowest BCUT2D eigenvalue weighted by molar-refractivity contribution is 0.302. The zero-order chi connectivity index (χ0) is 16.8. The molecule has 2 rings (SSSR count). The molecule has 0 aliphatic carbocycles. The monoisotopic (exact) mass is 335 g/mol. The number of oxazole rings is 1. The lowest BCUT2D eigenvalue weighted by atomic mass is 10.2. The smallest absolute Gasteiger partial charge is 0.214 e. The second kappa shape index (κ2) is 8.12. The summed E-state index contributed by atoms with van der Waals surface area (Å²) in [7, 11) is 5.93. The Morgan fingerprint density at radius 1 is 1.39 bits per heavy atom. The largest absolute Gasteiger partial charge is 0.444 e. The van der Waals surface area contributed by atoms with E-state index in [4.69, 9.17) is 4.42 Å². The van der Waals surface area contributed by atoms with Gasteiger partial charge >= 0.3 is 0 Å². The third kappa shape index (κ3) is 4.80. The molecule has 0 saturated heterocycles. The van der Waals surface area contributed by atoms with Crippen molar-refractivity contribution < 1.29 is 4.42 Å². The molecule has 0 saturated carbocycles. The predicted octanol–water partition coefficient (Wildman–Crippen LogP) is 2.32. The van der Waals surface area contributed by atoms with Gasteiger partial charge in [0.15, 0.2) is 5.96 Å². The average molecular weight is 335 g/mol. The minimum Gasteiger partial charge on any atom is -0.444 e. The van der Waals surface area contributed by atoms with E-state index in [9.17, 15) is 0 Å². The first kappa shape index (κ1) is 17.5. The van der Waals surface area contributed by atoms with Crippen molar-refractivity contribution in [3.05, 3.63) is 39.7 Å². The van der Waals surface area contributed by atoms with E-state index >= 15 is 0 Å². The van der Waals surface area contributed by atoms with Crippen molar-refractivity contribution in [2.24, 2.45) is 4.99 Å². The highest BCUT2D eigenvalue weighted by Gasteiger charge is 2.15. The first-order valence-corrected chi connectivity index (χ1v) is 8.46. The lowest BCUT2D eigenvalue weighted by Gasteiger charge is -2.24. The fourth-order valence-corrected chi connectivity index (χ4v) is 3.13. The van der Waals surface area contributed by atoms with Gasteiger partial charge in [0.05, 0.1) is 18.3 Å². The molecule has 0 fully saturated rings. The number of guanidine groups is 1. The summed E-state index contributed by atoms with van der Waals surface area (Å²) in [4.78, 5) is 12.1. The summed E-state index contributed by atoms with van der Waals surface area (Å²) in [6.07, 6.45) is 0. The average Bonchev–Trinajstić information content (AvgIpc) is 3.13. The Hall–Kier alpha value is -1.86. The van der Waals surface area contributed by atoms with Crippen molar-refractivity contribution in [3.63, 3.8) is 0 Å². The summed E-state index contributed by atoms with van der Waals surface area (Å²) in [5.41, 5.74) is 0.926. The van der Waals surface area contributed by atoms with Gasteiger partial charge in [-0.05, 0) is 39.4 Å². The summed E-state index contributed by atoms with van der Waals surface area (Å²) in [6.45, 7) is 5.15. The fraction of sp³-hybridized carbons (Fsp3) is 0.500. The number of aryl methyl sites for hydroxylation is 2. The van der Waals surface area contributed by atoms with E-state index in [1.807, 2.05) is 13.8 Å². The van der Waals surface area contributed by atoms with Gasteiger partial charge in [-0.3, -0.25) is 4.99 Å². The van der Waals surface area contributed by atoms with Crippen LogP contribution in [0.3, 0.4) is 0 Å². The molecule has 2 aromatic rings. The van der Waals surface area contributed by atoms with Gasteiger partial charge in [0.1, 0.15) is 5.76 Å². The molecule has 126 valence electrons. The van der Waals surface area contributed by atoms with E-state index in [0.717, 1.165) is 24.0 Å². The van der Waals surface area contributed by atoms with Crippen molar-refractivity contribution in [1.29, 1.82) is 0 Å². The summed E-state index contributed by atoms with van der Waals surface area (Å²) in [6, 6.07) is 4.54. The van der Waals surface area contributed by atoms with Crippen molar-refractivity contribution in [2.45, 2.75) is 26.4 Å². The molecule has 0 amide bonds. The maximum Gasteiger partial charge on any atom is 0.214 e. The van der Waals surface area contributed by atoms with Gasteiger partial charge in [0.25, 0.3) is 0 Å². The fourth-order valence-electron chi connectivity index (χ4n) is 2.21. The van der Waals surface area contributed by atoms with Crippen LogP contribution in [0, 0.1) is 13.8 Å². The van der Waals surface area contributed by atoms with Gasteiger partial charge in [-0.1, -0.05) is 6.07 Å². The minimum absolute atomic E-state index is 0.305. The SMILES string of the molecule is CN=C(NCc1nc(C)c(C)o1)NCC(c1cccs1)N(C)C. The van der Waals surface area contributed by atoms with Crippen LogP contribution in [-0.2, 0) is 6.54 Å². The lowest BCUT2D eigenvalue weighted by Crippen LogP contribution is -2.41. The number of hydrogen-bond donors (Lipinski definition) is 2. The molecule has 0 aromatic carbocycles. The Labute approximate surface area is 141 Å². The molecule has 7 heteroatoms. The Kier molecular flexibility index (Phi) is 6.18. The Morgan fingerprint density at radius 3 is 2.70 bits per heavy atom. The van der Waals surface area contributed by atoms with Crippen LogP contribution in [0.25, 0.3) is 0 Å². The number of hydrogen-bond acceptors (Lipinski definition) is 5. The van der Waals surface area contributed by atoms with Gasteiger partial charge in [0, 0.05) is 18.5 Å². The number of likely N-dealkylation sites (N-methyl/N-ethyl adjacent to an activating group) is 1. The number of aromatic nitrogens is 1. The van der Waals surface area contributed by atoms with Crippen molar-refractivity contribution in [2.75, 3.05) is 27.7 Å². The van der Waals surface area contributed by atoms with Crippen LogP contribution in [0.4, 0.5) is 0 Å². The molecule has 2 heterocycles. The zero-order valence-corrected chi connectivity index (χ0v) is 15.2. The van der Waals surface area contributed by atoms with Crippen LogP contribution >= 0.6 is 11.3 Å². The number of rotatable bonds is 6. The Morgan fingerprint density at radius 2 is 2.17 bits per heavy atom. The predicted molar refractivity (Wildman–Crippen MR) is 94.9 cm³/mol. The highest BCUT2D eigenvalue weighted by Crippen LogP contribution is 2.22. The normalized spacial score (nSPS) is 13.4. The maximum atomic E-state index is 5.57. The maximum absolute atomic E-state index is 5.57. The molecular weight excluding hydrogens is 310 g/mol. The molecule has 1 unspecified atom stereocenters. The van der Waals surface area contributed by atoms with E-state index in [1.54, 1.807) is 18.4 Å². The molecule has 1 atom stereocenters. The zero-order valence-electron chi connectivity index (χ0n) is 14.4. The van der Waals surface area contributed by atoms with Gasteiger partial charge < -0.3 is 20.0 Å². The molecule has 2 aromatic heterocycles. The van der Waals surface area contributed by atoms with E-state index in [0.29, 0.717) is 18.5 Å². The van der Waals surface area contributed by atoms with Gasteiger partial charge in [-0.15, -0.1) is 11.3 Å². The second-order valence-corrected chi connectivity index (χ2v) is 6.53. The quantitative estimate of drug-likeness (QED) is 0.626.